The Labute approximate surface area is 335 Å². The molecule has 5 heterocycles. The number of pyridine rings is 1. The second-order valence-corrected chi connectivity index (χ2v) is 15.4. The summed E-state index contributed by atoms with van der Waals surface area (Å²) in [5.41, 5.74) is 14.9. The Morgan fingerprint density at radius 2 is 1.36 bits per heavy atom. The van der Waals surface area contributed by atoms with E-state index in [1.807, 2.05) is 16.2 Å². The number of likely N-dealkylation sites (tertiary alicyclic amines) is 1. The van der Waals surface area contributed by atoms with Gasteiger partial charge in [0.15, 0.2) is 5.82 Å². The van der Waals surface area contributed by atoms with Crippen LogP contribution in [0, 0.1) is 5.92 Å². The van der Waals surface area contributed by atoms with Gasteiger partial charge in [-0.25, -0.2) is 9.97 Å². The van der Waals surface area contributed by atoms with Gasteiger partial charge in [-0.3, -0.25) is 4.79 Å². The van der Waals surface area contributed by atoms with Gasteiger partial charge in [-0.05, 0) is 50.0 Å². The predicted octanol–water partition coefficient (Wildman–Crippen LogP) is 4.17. The van der Waals surface area contributed by atoms with Crippen LogP contribution >= 0.6 is 11.3 Å². The van der Waals surface area contributed by atoms with Gasteiger partial charge in [0.1, 0.15) is 11.3 Å². The zero-order valence-corrected chi connectivity index (χ0v) is 34.4. The number of aromatic nitrogens is 3. The van der Waals surface area contributed by atoms with Crippen molar-refractivity contribution in [3.63, 3.8) is 0 Å². The molecule has 0 aliphatic carbocycles. The molecule has 2 aliphatic rings. The van der Waals surface area contributed by atoms with Gasteiger partial charge >= 0.3 is 0 Å². The first kappa shape index (κ1) is 44.6. The number of anilines is 1. The van der Waals surface area contributed by atoms with Crippen LogP contribution in [0.2, 0.25) is 0 Å². The summed E-state index contributed by atoms with van der Waals surface area (Å²) in [6, 6.07) is 2.23. The number of nitrogens with zero attached hydrogens (tertiary/aromatic N) is 4. The molecule has 0 atom stereocenters. The Kier molecular flexibility index (Phi) is 20.5. The van der Waals surface area contributed by atoms with Crippen molar-refractivity contribution < 1.29 is 42.7 Å². The van der Waals surface area contributed by atoms with Crippen LogP contribution in [0.15, 0.2) is 6.07 Å². The van der Waals surface area contributed by atoms with Crippen LogP contribution < -0.4 is 11.5 Å². The van der Waals surface area contributed by atoms with Crippen molar-refractivity contribution >= 4 is 44.3 Å². The molecule has 0 radical (unpaired) electrons. The van der Waals surface area contributed by atoms with Crippen LogP contribution in [0.25, 0.3) is 21.3 Å². The number of hydrogen-bond acceptors (Lipinski definition) is 14. The largest absolute Gasteiger partial charge is 0.382 e. The third-order valence-electron chi connectivity index (χ3n) is 10.2. The molecule has 0 spiro atoms. The van der Waals surface area contributed by atoms with E-state index in [-0.39, 0.29) is 5.91 Å². The number of unbranched alkanes of at least 4 members (excludes halogenated alkanes) is 1. The third kappa shape index (κ3) is 14.4. The highest BCUT2D eigenvalue weighted by Crippen LogP contribution is 2.40. The minimum Gasteiger partial charge on any atom is -0.382 e. The molecular formula is C40H66N6O9S. The molecule has 0 saturated carbocycles. The molecule has 4 N–H and O–H groups in total. The van der Waals surface area contributed by atoms with Crippen molar-refractivity contribution in [3.8, 4) is 0 Å². The molecule has 2 saturated heterocycles. The summed E-state index contributed by atoms with van der Waals surface area (Å²) in [4.78, 5) is 26.2. The molecule has 2 fully saturated rings. The first-order chi connectivity index (χ1) is 27.6. The van der Waals surface area contributed by atoms with Crippen molar-refractivity contribution in [1.82, 2.24) is 19.4 Å². The molecule has 316 valence electrons. The zero-order valence-electron chi connectivity index (χ0n) is 33.6. The van der Waals surface area contributed by atoms with E-state index in [4.69, 9.17) is 59.3 Å². The van der Waals surface area contributed by atoms with Gasteiger partial charge in [-0.15, -0.1) is 11.3 Å². The van der Waals surface area contributed by atoms with E-state index in [0.29, 0.717) is 123 Å². The molecule has 5 rings (SSSR count). The van der Waals surface area contributed by atoms with E-state index in [2.05, 4.69) is 17.6 Å². The maximum Gasteiger partial charge on any atom is 0.224 e. The lowest BCUT2D eigenvalue weighted by molar-refractivity contribution is -0.133. The molecular weight excluding hydrogens is 741 g/mol. The number of ether oxygens (including phenoxy) is 8. The van der Waals surface area contributed by atoms with Crippen molar-refractivity contribution in [2.75, 3.05) is 131 Å². The van der Waals surface area contributed by atoms with E-state index >= 15 is 0 Å². The van der Waals surface area contributed by atoms with Crippen LogP contribution in [0.5, 0.6) is 0 Å². The fourth-order valence-corrected chi connectivity index (χ4v) is 8.41. The Morgan fingerprint density at radius 1 is 0.804 bits per heavy atom. The molecule has 56 heavy (non-hydrogen) atoms. The summed E-state index contributed by atoms with van der Waals surface area (Å²) >= 11 is 1.84. The van der Waals surface area contributed by atoms with Gasteiger partial charge < -0.3 is 58.8 Å². The molecule has 2 aliphatic heterocycles. The molecule has 15 nitrogen and oxygen atoms in total. The smallest absolute Gasteiger partial charge is 0.224 e. The van der Waals surface area contributed by atoms with E-state index in [1.54, 1.807) is 0 Å². The summed E-state index contributed by atoms with van der Waals surface area (Å²) < 4.78 is 47.7. The number of aryl methyl sites for hydroxylation is 1. The van der Waals surface area contributed by atoms with Gasteiger partial charge in [0, 0.05) is 50.7 Å². The predicted molar refractivity (Wildman–Crippen MR) is 217 cm³/mol. The summed E-state index contributed by atoms with van der Waals surface area (Å²) in [6.07, 6.45) is 7.54. The lowest BCUT2D eigenvalue weighted by atomic mass is 9.95. The summed E-state index contributed by atoms with van der Waals surface area (Å²) in [5, 5.41) is 0. The summed E-state index contributed by atoms with van der Waals surface area (Å²) in [5.74, 6) is 2.74. The van der Waals surface area contributed by atoms with E-state index in [0.717, 1.165) is 100 Å². The average molecular weight is 807 g/mol. The third-order valence-corrected chi connectivity index (χ3v) is 11.5. The van der Waals surface area contributed by atoms with Gasteiger partial charge in [-0.1, -0.05) is 13.3 Å². The standard InChI is InChI=1S/C40H66N6O9S/c1-2-3-4-35-44-37-38(46(35)30-31-7-13-48-14-8-31)39-33(43-40(37)42)29-34(56-39)32-5-11-45(12-6-32)36(47)9-15-49-17-19-51-21-23-53-25-27-55-28-26-54-24-22-52-20-18-50-16-10-41/h29,31-32H,2-28,30,41H2,1H3,(H2,42,43). The molecule has 0 bridgehead atoms. The topological polar surface area (TPSA) is 177 Å². The highest BCUT2D eigenvalue weighted by Gasteiger charge is 2.27. The number of carbonyl (C=O) groups is 1. The van der Waals surface area contributed by atoms with Crippen molar-refractivity contribution in [2.24, 2.45) is 11.7 Å². The molecule has 0 aromatic carbocycles. The normalized spacial score (nSPS) is 15.9. The van der Waals surface area contributed by atoms with Crippen LogP contribution in [0.1, 0.15) is 68.5 Å². The maximum atomic E-state index is 13.0. The average Bonchev–Trinajstić information content (AvgIpc) is 3.81. The minimum atomic E-state index is 0.143. The quantitative estimate of drug-likeness (QED) is 0.0958. The fraction of sp³-hybridized carbons (Fsp3) is 0.775. The number of nitrogens with two attached hydrogens (primary N) is 2. The minimum absolute atomic E-state index is 0.143. The zero-order chi connectivity index (χ0) is 39.2. The highest BCUT2D eigenvalue weighted by atomic mass is 32.1. The number of carbonyl (C=O) groups excluding carboxylic acids is 1. The number of nitrogen functional groups attached to an aromatic ring is 1. The Hall–Kier alpha value is -2.51. The first-order valence-corrected chi connectivity index (χ1v) is 21.6. The number of fused-ring (bicyclic) bond motifs is 3. The summed E-state index contributed by atoms with van der Waals surface area (Å²) in [6.45, 7) is 13.8. The number of thiophene rings is 1. The van der Waals surface area contributed by atoms with Crippen LogP contribution in [-0.2, 0) is 55.7 Å². The number of piperidine rings is 1. The monoisotopic (exact) mass is 806 g/mol. The Balaban J connectivity index is 0.920. The van der Waals surface area contributed by atoms with Crippen LogP contribution in [-0.4, -0.2) is 151 Å². The van der Waals surface area contributed by atoms with E-state index < -0.39 is 0 Å². The van der Waals surface area contributed by atoms with Crippen molar-refractivity contribution in [3.05, 3.63) is 16.8 Å². The lowest BCUT2D eigenvalue weighted by Crippen LogP contribution is -2.38. The van der Waals surface area contributed by atoms with Gasteiger partial charge in [0.25, 0.3) is 0 Å². The van der Waals surface area contributed by atoms with E-state index in [1.165, 1.54) is 9.58 Å². The fourth-order valence-electron chi connectivity index (χ4n) is 7.09. The SMILES string of the molecule is CCCCc1nc2c(N)nc3cc(C4CCN(C(=O)CCOCCOCCOCCOCCOCCOCCOCCN)CC4)sc3c2n1CC1CCOCC1. The highest BCUT2D eigenvalue weighted by molar-refractivity contribution is 7.20. The number of imidazole rings is 1. The van der Waals surface area contributed by atoms with Gasteiger partial charge in [0.2, 0.25) is 5.91 Å². The van der Waals surface area contributed by atoms with Crippen molar-refractivity contribution in [2.45, 2.75) is 70.8 Å². The molecule has 0 unspecified atom stereocenters. The van der Waals surface area contributed by atoms with E-state index in [9.17, 15) is 4.79 Å². The lowest BCUT2D eigenvalue weighted by Gasteiger charge is -2.31. The number of hydrogen-bond donors (Lipinski definition) is 2. The first-order valence-electron chi connectivity index (χ1n) is 20.8. The van der Waals surface area contributed by atoms with Crippen LogP contribution in [0.4, 0.5) is 5.82 Å². The molecule has 16 heteroatoms. The van der Waals surface area contributed by atoms with Gasteiger partial charge in [0.05, 0.1) is 115 Å². The van der Waals surface area contributed by atoms with Crippen LogP contribution in [0.3, 0.4) is 0 Å². The van der Waals surface area contributed by atoms with Gasteiger partial charge in [-0.2, -0.15) is 0 Å². The second kappa shape index (κ2) is 25.8. The second-order valence-electron chi connectivity index (χ2n) is 14.3. The number of rotatable bonds is 29. The Morgan fingerprint density at radius 3 is 1.91 bits per heavy atom. The molecule has 3 aromatic heterocycles. The Bertz CT molecular complexity index is 1540. The number of amides is 1. The molecule has 1 amide bonds. The van der Waals surface area contributed by atoms with Crippen molar-refractivity contribution in [1.29, 1.82) is 0 Å². The molecule has 3 aromatic rings. The maximum absolute atomic E-state index is 13.0. The summed E-state index contributed by atoms with van der Waals surface area (Å²) in [7, 11) is 0.